The number of ether oxygens (including phenoxy) is 1. The average Bonchev–Trinajstić information content (AvgIpc) is 2.44. The molecule has 5 nitrogen and oxygen atoms in total. The lowest BCUT2D eigenvalue weighted by molar-refractivity contribution is 0.189. The molecule has 0 spiro atoms. The molecule has 1 aromatic carbocycles. The van der Waals surface area contributed by atoms with Crippen LogP contribution in [0.15, 0.2) is 24.3 Å². The van der Waals surface area contributed by atoms with Crippen molar-refractivity contribution in [3.05, 3.63) is 29.8 Å². The maximum absolute atomic E-state index is 11.7. The van der Waals surface area contributed by atoms with Crippen LogP contribution in [0.3, 0.4) is 0 Å². The quantitative estimate of drug-likeness (QED) is 0.789. The van der Waals surface area contributed by atoms with Crippen LogP contribution in [-0.2, 0) is 6.42 Å². The summed E-state index contributed by atoms with van der Waals surface area (Å²) in [5.41, 5.74) is 0.942. The van der Waals surface area contributed by atoms with E-state index in [0.717, 1.165) is 24.2 Å². The summed E-state index contributed by atoms with van der Waals surface area (Å²) < 4.78 is 5.53. The first kappa shape index (κ1) is 15.2. The van der Waals surface area contributed by atoms with Crippen LogP contribution in [-0.4, -0.2) is 24.7 Å². The number of rotatable bonds is 6. The zero-order valence-corrected chi connectivity index (χ0v) is 12.3. The van der Waals surface area contributed by atoms with Gasteiger partial charge in [0.15, 0.2) is 0 Å². The van der Waals surface area contributed by atoms with Crippen molar-refractivity contribution >= 4 is 6.03 Å². The first-order chi connectivity index (χ1) is 10.1. The van der Waals surface area contributed by atoms with E-state index in [4.69, 9.17) is 10.00 Å². The summed E-state index contributed by atoms with van der Waals surface area (Å²) in [4.78, 5) is 11.7. The number of hydrogen-bond donors (Lipinski definition) is 2. The van der Waals surface area contributed by atoms with E-state index in [1.165, 1.54) is 6.42 Å². The number of nitriles is 1. The van der Waals surface area contributed by atoms with Gasteiger partial charge in [-0.1, -0.05) is 12.1 Å². The van der Waals surface area contributed by atoms with E-state index in [2.05, 4.69) is 23.6 Å². The molecule has 1 aliphatic rings. The van der Waals surface area contributed by atoms with Crippen LogP contribution in [0.4, 0.5) is 4.79 Å². The second kappa shape index (κ2) is 6.98. The zero-order chi connectivity index (χ0) is 15.1. The second-order valence-corrected chi connectivity index (χ2v) is 5.62. The molecule has 5 heteroatoms. The van der Waals surface area contributed by atoms with E-state index in [0.29, 0.717) is 19.6 Å². The van der Waals surface area contributed by atoms with E-state index < -0.39 is 0 Å². The number of urea groups is 1. The van der Waals surface area contributed by atoms with Gasteiger partial charge in [-0.15, -0.1) is 0 Å². The summed E-state index contributed by atoms with van der Waals surface area (Å²) in [6.07, 6.45) is 3.68. The van der Waals surface area contributed by atoms with Gasteiger partial charge in [-0.05, 0) is 43.9 Å². The molecule has 112 valence electrons. The van der Waals surface area contributed by atoms with Crippen molar-refractivity contribution in [1.29, 1.82) is 5.26 Å². The minimum absolute atomic E-state index is 0.0263. The molecule has 1 fully saturated rings. The van der Waals surface area contributed by atoms with Crippen LogP contribution in [0.5, 0.6) is 5.75 Å². The highest BCUT2D eigenvalue weighted by molar-refractivity contribution is 5.74. The van der Waals surface area contributed by atoms with Gasteiger partial charge in [0.2, 0.25) is 0 Å². The van der Waals surface area contributed by atoms with E-state index in [9.17, 15) is 4.79 Å². The standard InChI is InChI=1S/C16H21N3O2/c1-16(8-2-9-16)19-15(20)18-11-12-21-14-5-3-13(4-6-14)7-10-17/h3-6H,2,7-9,11-12H2,1H3,(H2,18,19,20). The van der Waals surface area contributed by atoms with Crippen molar-refractivity contribution in [3.63, 3.8) is 0 Å². The third kappa shape index (κ3) is 4.67. The lowest BCUT2D eigenvalue weighted by atomic mass is 9.79. The number of carbonyl (C=O) groups is 1. The molecule has 0 saturated heterocycles. The molecule has 0 radical (unpaired) electrons. The van der Waals surface area contributed by atoms with Crippen molar-refractivity contribution in [2.75, 3.05) is 13.2 Å². The summed E-state index contributed by atoms with van der Waals surface area (Å²) in [5.74, 6) is 0.741. The molecular formula is C16H21N3O2. The van der Waals surface area contributed by atoms with Gasteiger partial charge in [0.1, 0.15) is 12.4 Å². The van der Waals surface area contributed by atoms with Crippen LogP contribution >= 0.6 is 0 Å². The van der Waals surface area contributed by atoms with Crippen LogP contribution in [0.25, 0.3) is 0 Å². The van der Waals surface area contributed by atoms with Crippen molar-refractivity contribution in [2.24, 2.45) is 0 Å². The normalized spacial score (nSPS) is 15.4. The van der Waals surface area contributed by atoms with Crippen LogP contribution in [0, 0.1) is 11.3 Å². The number of carbonyl (C=O) groups excluding carboxylic acids is 1. The number of benzene rings is 1. The van der Waals surface area contributed by atoms with Gasteiger partial charge < -0.3 is 15.4 Å². The largest absolute Gasteiger partial charge is 0.492 e. The van der Waals surface area contributed by atoms with Gasteiger partial charge in [-0.25, -0.2) is 4.79 Å². The van der Waals surface area contributed by atoms with Crippen molar-refractivity contribution in [1.82, 2.24) is 10.6 Å². The topological polar surface area (TPSA) is 74.2 Å². The fourth-order valence-corrected chi connectivity index (χ4v) is 2.28. The van der Waals surface area contributed by atoms with Crippen molar-refractivity contribution < 1.29 is 9.53 Å². The van der Waals surface area contributed by atoms with Gasteiger partial charge in [0.05, 0.1) is 19.0 Å². The van der Waals surface area contributed by atoms with Crippen molar-refractivity contribution in [2.45, 2.75) is 38.1 Å². The smallest absolute Gasteiger partial charge is 0.315 e. The molecule has 0 atom stereocenters. The molecule has 1 aromatic rings. The van der Waals surface area contributed by atoms with Gasteiger partial charge in [-0.2, -0.15) is 5.26 Å². The Morgan fingerprint density at radius 2 is 2.10 bits per heavy atom. The molecule has 0 aromatic heterocycles. The van der Waals surface area contributed by atoms with Crippen LogP contribution in [0.1, 0.15) is 31.7 Å². The minimum Gasteiger partial charge on any atom is -0.492 e. The Hall–Kier alpha value is -2.22. The maximum Gasteiger partial charge on any atom is 0.315 e. The number of nitrogens with one attached hydrogen (secondary N) is 2. The van der Waals surface area contributed by atoms with Gasteiger partial charge in [0, 0.05) is 5.54 Å². The number of amides is 2. The monoisotopic (exact) mass is 287 g/mol. The highest BCUT2D eigenvalue weighted by Crippen LogP contribution is 2.30. The summed E-state index contributed by atoms with van der Waals surface area (Å²) in [7, 11) is 0. The first-order valence-corrected chi connectivity index (χ1v) is 7.26. The fourth-order valence-electron chi connectivity index (χ4n) is 2.28. The molecule has 1 aliphatic carbocycles. The molecular weight excluding hydrogens is 266 g/mol. The fraction of sp³-hybridized carbons (Fsp3) is 0.500. The maximum atomic E-state index is 11.7. The molecule has 0 bridgehead atoms. The van der Waals surface area contributed by atoms with Crippen LogP contribution < -0.4 is 15.4 Å². The summed E-state index contributed by atoms with van der Waals surface area (Å²) in [6, 6.07) is 9.38. The van der Waals surface area contributed by atoms with Crippen molar-refractivity contribution in [3.8, 4) is 11.8 Å². The predicted molar refractivity (Wildman–Crippen MR) is 80.0 cm³/mol. The van der Waals surface area contributed by atoms with Gasteiger partial charge in [0.25, 0.3) is 0 Å². The molecule has 2 rings (SSSR count). The zero-order valence-electron chi connectivity index (χ0n) is 12.3. The molecule has 21 heavy (non-hydrogen) atoms. The third-order valence-corrected chi connectivity index (χ3v) is 3.74. The van der Waals surface area contributed by atoms with Crippen LogP contribution in [0.2, 0.25) is 0 Å². The van der Waals surface area contributed by atoms with E-state index in [1.807, 2.05) is 24.3 Å². The molecule has 1 saturated carbocycles. The molecule has 2 amide bonds. The highest BCUT2D eigenvalue weighted by atomic mass is 16.5. The Morgan fingerprint density at radius 3 is 2.67 bits per heavy atom. The Balaban J connectivity index is 1.63. The molecule has 0 aliphatic heterocycles. The van der Waals surface area contributed by atoms with E-state index in [1.54, 1.807) is 0 Å². The summed E-state index contributed by atoms with van der Waals surface area (Å²) in [6.45, 7) is 2.94. The SMILES string of the molecule is CC1(NC(=O)NCCOc2ccc(CC#N)cc2)CCC1. The minimum atomic E-state index is -0.134. The highest BCUT2D eigenvalue weighted by Gasteiger charge is 2.32. The number of nitrogens with zero attached hydrogens (tertiary/aromatic N) is 1. The predicted octanol–water partition coefficient (Wildman–Crippen LogP) is 2.37. The Labute approximate surface area is 125 Å². The Bertz CT molecular complexity index is 515. The lowest BCUT2D eigenvalue weighted by Gasteiger charge is -2.38. The summed E-state index contributed by atoms with van der Waals surface area (Å²) in [5, 5.41) is 14.4. The lowest BCUT2D eigenvalue weighted by Crippen LogP contribution is -2.54. The summed E-state index contributed by atoms with van der Waals surface area (Å²) >= 11 is 0. The molecule has 0 heterocycles. The second-order valence-electron chi connectivity index (χ2n) is 5.62. The van der Waals surface area contributed by atoms with E-state index in [-0.39, 0.29) is 11.6 Å². The third-order valence-electron chi connectivity index (χ3n) is 3.74. The molecule has 0 unspecified atom stereocenters. The van der Waals surface area contributed by atoms with Gasteiger partial charge >= 0.3 is 6.03 Å². The number of hydrogen-bond acceptors (Lipinski definition) is 3. The average molecular weight is 287 g/mol. The molecule has 2 N–H and O–H groups in total. The van der Waals surface area contributed by atoms with Gasteiger partial charge in [-0.3, -0.25) is 0 Å². The first-order valence-electron chi connectivity index (χ1n) is 7.26. The Morgan fingerprint density at radius 1 is 1.38 bits per heavy atom. The van der Waals surface area contributed by atoms with E-state index >= 15 is 0 Å². The Kier molecular flexibility index (Phi) is 5.04.